The molecule has 1 aromatic carbocycles. The van der Waals surface area contributed by atoms with Gasteiger partial charge in [0.2, 0.25) is 0 Å². The summed E-state index contributed by atoms with van der Waals surface area (Å²) in [5.41, 5.74) is 0.804. The minimum atomic E-state index is 0.172. The molecule has 1 amide bonds. The van der Waals surface area contributed by atoms with Crippen molar-refractivity contribution < 1.29 is 9.53 Å². The number of morpholine rings is 1. The number of carbonyl (C=O) groups excluding carboxylic acids is 1. The topological polar surface area (TPSA) is 48.0 Å². The first-order chi connectivity index (χ1) is 13.7. The number of amides is 1. The molecule has 0 aromatic heterocycles. The first-order valence-corrected chi connectivity index (χ1v) is 10.9. The van der Waals surface area contributed by atoms with Crippen LogP contribution in [0.5, 0.6) is 0 Å². The lowest BCUT2D eigenvalue weighted by Crippen LogP contribution is -2.55. The molecule has 0 saturated carbocycles. The van der Waals surface area contributed by atoms with Crippen molar-refractivity contribution in [3.05, 3.63) is 35.9 Å². The van der Waals surface area contributed by atoms with Crippen molar-refractivity contribution in [1.29, 1.82) is 0 Å². The molecule has 0 bridgehead atoms. The van der Waals surface area contributed by atoms with E-state index in [4.69, 9.17) is 4.74 Å². The molecule has 3 aliphatic heterocycles. The van der Waals surface area contributed by atoms with Gasteiger partial charge in [0.05, 0.1) is 12.2 Å². The lowest BCUT2D eigenvalue weighted by atomic mass is 10.0. The van der Waals surface area contributed by atoms with Crippen molar-refractivity contribution in [2.24, 2.45) is 0 Å². The van der Waals surface area contributed by atoms with Crippen LogP contribution in [0.3, 0.4) is 0 Å². The van der Waals surface area contributed by atoms with Gasteiger partial charge in [-0.15, -0.1) is 0 Å². The van der Waals surface area contributed by atoms with Crippen LogP contribution in [0.4, 0.5) is 0 Å². The Kier molecular flexibility index (Phi) is 6.62. The SMILES string of the molecule is C[C@@H]1CNC[C@@H](CN2CCC(N3CCN(C(=O)c4ccccc4)CC3)CC2)O1. The average molecular weight is 387 g/mol. The molecule has 6 heteroatoms. The minimum Gasteiger partial charge on any atom is -0.371 e. The fraction of sp³-hybridized carbons (Fsp3) is 0.682. The van der Waals surface area contributed by atoms with Gasteiger partial charge >= 0.3 is 0 Å². The van der Waals surface area contributed by atoms with Gasteiger partial charge in [0.15, 0.2) is 0 Å². The van der Waals surface area contributed by atoms with E-state index < -0.39 is 0 Å². The quantitative estimate of drug-likeness (QED) is 0.845. The molecule has 0 spiro atoms. The van der Waals surface area contributed by atoms with Crippen LogP contribution in [0.2, 0.25) is 0 Å². The van der Waals surface area contributed by atoms with E-state index in [2.05, 4.69) is 22.0 Å². The second kappa shape index (κ2) is 9.35. The zero-order chi connectivity index (χ0) is 19.3. The second-order valence-corrected chi connectivity index (χ2v) is 8.45. The standard InChI is InChI=1S/C22H34N4O2/c1-18-15-23-16-21(28-18)17-24-9-7-20(8-10-24)25-11-13-26(14-12-25)22(27)19-5-3-2-4-6-19/h2-6,18,20-21,23H,7-17H2,1H3/t18-,21+/m1/s1. The van der Waals surface area contributed by atoms with Crippen LogP contribution in [0, 0.1) is 0 Å². The zero-order valence-corrected chi connectivity index (χ0v) is 17.1. The normalized spacial score (nSPS) is 28.4. The van der Waals surface area contributed by atoms with Crippen LogP contribution in [0.15, 0.2) is 30.3 Å². The highest BCUT2D eigenvalue weighted by molar-refractivity contribution is 5.94. The van der Waals surface area contributed by atoms with Crippen LogP contribution < -0.4 is 5.32 Å². The Bertz CT molecular complexity index is 625. The number of ether oxygens (including phenoxy) is 1. The van der Waals surface area contributed by atoms with E-state index in [9.17, 15) is 4.79 Å². The predicted octanol–water partition coefficient (Wildman–Crippen LogP) is 1.29. The van der Waals surface area contributed by atoms with Gasteiger partial charge in [-0.2, -0.15) is 0 Å². The Morgan fingerprint density at radius 3 is 2.43 bits per heavy atom. The molecule has 3 saturated heterocycles. The molecule has 28 heavy (non-hydrogen) atoms. The van der Waals surface area contributed by atoms with Gasteiger partial charge in [-0.05, 0) is 45.0 Å². The number of likely N-dealkylation sites (tertiary alicyclic amines) is 1. The number of nitrogens with one attached hydrogen (secondary N) is 1. The van der Waals surface area contributed by atoms with Crippen LogP contribution in [0.25, 0.3) is 0 Å². The molecule has 0 unspecified atom stereocenters. The van der Waals surface area contributed by atoms with E-state index in [-0.39, 0.29) is 5.91 Å². The van der Waals surface area contributed by atoms with Crippen molar-refractivity contribution >= 4 is 5.91 Å². The molecule has 2 atom stereocenters. The number of hydrogen-bond donors (Lipinski definition) is 1. The first-order valence-electron chi connectivity index (χ1n) is 10.9. The van der Waals surface area contributed by atoms with Crippen LogP contribution >= 0.6 is 0 Å². The van der Waals surface area contributed by atoms with Crippen LogP contribution in [-0.2, 0) is 4.74 Å². The van der Waals surface area contributed by atoms with Gasteiger partial charge < -0.3 is 19.9 Å². The average Bonchev–Trinajstić information content (AvgIpc) is 2.75. The summed E-state index contributed by atoms with van der Waals surface area (Å²) in [4.78, 5) is 19.8. The maximum absolute atomic E-state index is 12.6. The number of benzene rings is 1. The molecule has 6 nitrogen and oxygen atoms in total. The summed E-state index contributed by atoms with van der Waals surface area (Å²) >= 11 is 0. The molecular weight excluding hydrogens is 352 g/mol. The van der Waals surface area contributed by atoms with E-state index in [1.54, 1.807) is 0 Å². The second-order valence-electron chi connectivity index (χ2n) is 8.45. The molecule has 4 rings (SSSR count). The highest BCUT2D eigenvalue weighted by atomic mass is 16.5. The first kappa shape index (κ1) is 19.8. The minimum absolute atomic E-state index is 0.172. The molecular formula is C22H34N4O2. The maximum Gasteiger partial charge on any atom is 0.253 e. The van der Waals surface area contributed by atoms with Crippen molar-refractivity contribution in [3.8, 4) is 0 Å². The molecule has 3 fully saturated rings. The third kappa shape index (κ3) is 4.92. The van der Waals surface area contributed by atoms with Crippen molar-refractivity contribution in [3.63, 3.8) is 0 Å². The summed E-state index contributed by atoms with van der Waals surface area (Å²) in [6, 6.07) is 10.3. The Balaban J connectivity index is 1.19. The van der Waals surface area contributed by atoms with E-state index in [0.29, 0.717) is 18.2 Å². The molecule has 1 aromatic rings. The summed E-state index contributed by atoms with van der Waals surface area (Å²) < 4.78 is 6.05. The summed E-state index contributed by atoms with van der Waals surface area (Å²) in [5, 5.41) is 3.47. The van der Waals surface area contributed by atoms with Crippen molar-refractivity contribution in [2.75, 3.05) is 58.9 Å². The number of piperazine rings is 1. The smallest absolute Gasteiger partial charge is 0.253 e. The molecule has 3 heterocycles. The lowest BCUT2D eigenvalue weighted by Gasteiger charge is -2.43. The van der Waals surface area contributed by atoms with Gasteiger partial charge in [-0.3, -0.25) is 9.69 Å². The number of nitrogens with zero attached hydrogens (tertiary/aromatic N) is 3. The molecule has 154 valence electrons. The third-order valence-electron chi connectivity index (χ3n) is 6.39. The van der Waals surface area contributed by atoms with Crippen molar-refractivity contribution in [1.82, 2.24) is 20.0 Å². The van der Waals surface area contributed by atoms with E-state index >= 15 is 0 Å². The van der Waals surface area contributed by atoms with E-state index in [1.165, 1.54) is 12.8 Å². The maximum atomic E-state index is 12.6. The molecule has 0 radical (unpaired) electrons. The van der Waals surface area contributed by atoms with Crippen LogP contribution in [0.1, 0.15) is 30.1 Å². The van der Waals surface area contributed by atoms with Gasteiger partial charge in [-0.25, -0.2) is 0 Å². The Labute approximate surface area is 168 Å². The van der Waals surface area contributed by atoms with Crippen molar-refractivity contribution in [2.45, 2.75) is 38.0 Å². The molecule has 3 aliphatic rings. The Hall–Kier alpha value is -1.47. The fourth-order valence-corrected chi connectivity index (χ4v) is 4.79. The van der Waals surface area contributed by atoms with E-state index in [0.717, 1.165) is 64.5 Å². The van der Waals surface area contributed by atoms with Gasteiger partial charge in [0.1, 0.15) is 0 Å². The summed E-state index contributed by atoms with van der Waals surface area (Å²) in [6.07, 6.45) is 3.10. The highest BCUT2D eigenvalue weighted by Crippen LogP contribution is 2.20. The Morgan fingerprint density at radius 1 is 1.04 bits per heavy atom. The number of carbonyl (C=O) groups is 1. The van der Waals surface area contributed by atoms with Crippen LogP contribution in [-0.4, -0.2) is 97.8 Å². The summed E-state index contributed by atoms with van der Waals surface area (Å²) in [7, 11) is 0. The zero-order valence-electron chi connectivity index (χ0n) is 17.1. The monoisotopic (exact) mass is 386 g/mol. The van der Waals surface area contributed by atoms with Gasteiger partial charge in [0.25, 0.3) is 5.91 Å². The predicted molar refractivity (Wildman–Crippen MR) is 111 cm³/mol. The number of piperidine rings is 1. The molecule has 0 aliphatic carbocycles. The Morgan fingerprint density at radius 2 is 1.75 bits per heavy atom. The summed E-state index contributed by atoms with van der Waals surface area (Å²) in [6.45, 7) is 11.1. The van der Waals surface area contributed by atoms with E-state index in [1.807, 2.05) is 35.2 Å². The molecule has 1 N–H and O–H groups in total. The highest BCUT2D eigenvalue weighted by Gasteiger charge is 2.30. The lowest BCUT2D eigenvalue weighted by molar-refractivity contribution is -0.0478. The summed E-state index contributed by atoms with van der Waals surface area (Å²) in [5.74, 6) is 0.172. The number of hydrogen-bond acceptors (Lipinski definition) is 5. The number of rotatable bonds is 4. The third-order valence-corrected chi connectivity index (χ3v) is 6.39. The van der Waals surface area contributed by atoms with Gasteiger partial charge in [-0.1, -0.05) is 18.2 Å². The van der Waals surface area contributed by atoms with Gasteiger partial charge in [0, 0.05) is 57.4 Å². The fourth-order valence-electron chi connectivity index (χ4n) is 4.79. The largest absolute Gasteiger partial charge is 0.371 e.